The third-order valence-electron chi connectivity index (χ3n) is 5.78. The lowest BCUT2D eigenvalue weighted by Crippen LogP contribution is -2.40. The molecule has 1 aliphatic rings. The number of benzene rings is 1. The smallest absolute Gasteiger partial charge is 0.221 e. The molecule has 7 nitrogen and oxygen atoms in total. The van der Waals surface area contributed by atoms with Gasteiger partial charge in [-0.1, -0.05) is 24.3 Å². The van der Waals surface area contributed by atoms with E-state index in [1.165, 1.54) is 16.8 Å². The van der Waals surface area contributed by atoms with Crippen LogP contribution in [-0.2, 0) is 31.5 Å². The molecule has 1 aliphatic heterocycles. The van der Waals surface area contributed by atoms with Crippen LogP contribution in [0.3, 0.4) is 0 Å². The van der Waals surface area contributed by atoms with E-state index >= 15 is 0 Å². The highest BCUT2D eigenvalue weighted by Crippen LogP contribution is 2.18. The maximum Gasteiger partial charge on any atom is 0.221 e. The van der Waals surface area contributed by atoms with E-state index in [2.05, 4.69) is 74.3 Å². The molecule has 1 fully saturated rings. The first-order chi connectivity index (χ1) is 14.5. The summed E-state index contributed by atoms with van der Waals surface area (Å²) in [5.74, 6) is 0.664. The number of halogens is 1. The minimum atomic E-state index is -0.177. The van der Waals surface area contributed by atoms with Gasteiger partial charge >= 0.3 is 0 Å². The number of nitrogens with two attached hydrogens (primary N) is 1. The second-order valence-corrected chi connectivity index (χ2v) is 8.16. The molecule has 2 aromatic rings. The summed E-state index contributed by atoms with van der Waals surface area (Å²) >= 11 is 0. The molecule has 1 amide bonds. The van der Waals surface area contributed by atoms with Gasteiger partial charge in [0.25, 0.3) is 0 Å². The van der Waals surface area contributed by atoms with E-state index in [9.17, 15) is 4.79 Å². The Hall–Kier alpha value is -2.07. The third-order valence-corrected chi connectivity index (χ3v) is 5.78. The average Bonchev–Trinajstić information content (AvgIpc) is 3.13. The number of aryl methyl sites for hydroxylation is 1. The van der Waals surface area contributed by atoms with Crippen LogP contribution in [0.4, 0.5) is 0 Å². The van der Waals surface area contributed by atoms with Gasteiger partial charge < -0.3 is 20.5 Å². The highest BCUT2D eigenvalue weighted by Gasteiger charge is 2.23. The highest BCUT2D eigenvalue weighted by atomic mass is 127. The summed E-state index contributed by atoms with van der Waals surface area (Å²) in [6.07, 6.45) is 3.99. The van der Waals surface area contributed by atoms with Crippen LogP contribution in [0.5, 0.6) is 0 Å². The van der Waals surface area contributed by atoms with E-state index in [1.807, 2.05) is 14.1 Å². The number of amides is 1. The molecule has 0 radical (unpaired) electrons. The largest absolute Gasteiger partial charge is 0.369 e. The Balaban J connectivity index is 0.00000341. The Labute approximate surface area is 202 Å². The molecule has 1 aromatic heterocycles. The fourth-order valence-corrected chi connectivity index (χ4v) is 4.07. The summed E-state index contributed by atoms with van der Waals surface area (Å²) in [7, 11) is 5.91. The first kappa shape index (κ1) is 25.2. The Morgan fingerprint density at radius 2 is 2.06 bits per heavy atom. The number of aliphatic imine (C=N–C) groups is 1. The number of hydrogen-bond acceptors (Lipinski definition) is 3. The quantitative estimate of drug-likeness (QED) is 0.323. The summed E-state index contributed by atoms with van der Waals surface area (Å²) in [5.41, 5.74) is 9.22. The van der Waals surface area contributed by atoms with Crippen LogP contribution in [0, 0.1) is 5.92 Å². The molecule has 0 saturated carbocycles. The molecule has 8 heteroatoms. The number of guanidine groups is 1. The Morgan fingerprint density at radius 3 is 2.74 bits per heavy atom. The molecule has 0 bridgehead atoms. The van der Waals surface area contributed by atoms with E-state index in [1.54, 1.807) is 0 Å². The standard InChI is InChI=1S/C23H34N6O.HI/c1-25-23(28(3)17-21-10-6-11-27(21)2)26-14-18-7-4-8-19(13-18)15-29-12-5-9-20(16-29)22(24)30;/h4,6-8,10-11,13,20H,5,9,12,14-17H2,1-3H3,(H2,24,30)(H,25,26);1H. The zero-order valence-electron chi connectivity index (χ0n) is 18.8. The number of carbonyl (C=O) groups is 1. The zero-order chi connectivity index (χ0) is 21.5. The minimum Gasteiger partial charge on any atom is -0.369 e. The maximum atomic E-state index is 11.5. The molecule has 0 aliphatic carbocycles. The first-order valence-electron chi connectivity index (χ1n) is 10.6. The lowest BCUT2D eigenvalue weighted by Gasteiger charge is -2.31. The van der Waals surface area contributed by atoms with Crippen molar-refractivity contribution in [3.05, 3.63) is 59.4 Å². The number of nitrogens with zero attached hydrogens (tertiary/aromatic N) is 4. The number of piperidine rings is 1. The van der Waals surface area contributed by atoms with Crippen molar-refractivity contribution in [2.45, 2.75) is 32.5 Å². The fraction of sp³-hybridized carbons (Fsp3) is 0.478. The van der Waals surface area contributed by atoms with Crippen molar-refractivity contribution in [1.29, 1.82) is 0 Å². The van der Waals surface area contributed by atoms with E-state index in [0.717, 1.165) is 45.0 Å². The topological polar surface area (TPSA) is 78.9 Å². The van der Waals surface area contributed by atoms with Gasteiger partial charge in [0.05, 0.1) is 12.5 Å². The second-order valence-electron chi connectivity index (χ2n) is 8.16. The molecule has 1 aromatic carbocycles. The Kier molecular flexibility index (Phi) is 9.83. The van der Waals surface area contributed by atoms with Gasteiger partial charge in [-0.05, 0) is 42.6 Å². The van der Waals surface area contributed by atoms with Gasteiger partial charge in [-0.15, -0.1) is 24.0 Å². The van der Waals surface area contributed by atoms with Crippen molar-refractivity contribution < 1.29 is 4.79 Å². The lowest BCUT2D eigenvalue weighted by molar-refractivity contribution is -0.123. The summed E-state index contributed by atoms with van der Waals surface area (Å²) in [6, 6.07) is 12.8. The van der Waals surface area contributed by atoms with Crippen molar-refractivity contribution in [2.24, 2.45) is 23.7 Å². The van der Waals surface area contributed by atoms with Gasteiger partial charge in [0.2, 0.25) is 5.91 Å². The molecular formula is C23H35IN6O. The third kappa shape index (κ3) is 7.24. The van der Waals surface area contributed by atoms with Gasteiger partial charge in [-0.25, -0.2) is 0 Å². The van der Waals surface area contributed by atoms with Crippen LogP contribution in [0.2, 0.25) is 0 Å². The van der Waals surface area contributed by atoms with Crippen LogP contribution < -0.4 is 11.1 Å². The summed E-state index contributed by atoms with van der Waals surface area (Å²) in [4.78, 5) is 20.4. The molecular weight excluding hydrogens is 503 g/mol. The van der Waals surface area contributed by atoms with Gasteiger partial charge in [0.15, 0.2) is 5.96 Å². The van der Waals surface area contributed by atoms with Crippen LogP contribution >= 0.6 is 24.0 Å². The molecule has 170 valence electrons. The Bertz CT molecular complexity index is 880. The molecule has 31 heavy (non-hydrogen) atoms. The van der Waals surface area contributed by atoms with Crippen LogP contribution in [0.25, 0.3) is 0 Å². The molecule has 0 spiro atoms. The average molecular weight is 538 g/mol. The number of nitrogens with one attached hydrogen (secondary N) is 1. The summed E-state index contributed by atoms with van der Waals surface area (Å²) < 4.78 is 2.12. The van der Waals surface area contributed by atoms with E-state index in [4.69, 9.17) is 5.73 Å². The normalized spacial score (nSPS) is 17.1. The van der Waals surface area contributed by atoms with Gasteiger partial charge in [-0.3, -0.25) is 14.7 Å². The van der Waals surface area contributed by atoms with Crippen LogP contribution in [0.15, 0.2) is 47.6 Å². The van der Waals surface area contributed by atoms with Crippen molar-refractivity contribution in [2.75, 3.05) is 27.2 Å². The zero-order valence-corrected chi connectivity index (χ0v) is 21.1. The monoisotopic (exact) mass is 538 g/mol. The molecule has 1 atom stereocenters. The van der Waals surface area contributed by atoms with E-state index in [-0.39, 0.29) is 35.8 Å². The number of hydrogen-bond donors (Lipinski definition) is 2. The number of carbonyl (C=O) groups excluding carboxylic acids is 1. The fourth-order valence-electron chi connectivity index (χ4n) is 4.07. The molecule has 3 rings (SSSR count). The van der Waals surface area contributed by atoms with Gasteiger partial charge in [0.1, 0.15) is 0 Å². The van der Waals surface area contributed by atoms with E-state index < -0.39 is 0 Å². The minimum absolute atomic E-state index is 0. The van der Waals surface area contributed by atoms with Crippen molar-refractivity contribution in [3.8, 4) is 0 Å². The number of likely N-dealkylation sites (tertiary alicyclic amines) is 1. The molecule has 1 unspecified atom stereocenters. The predicted octanol–water partition coefficient (Wildman–Crippen LogP) is 2.55. The lowest BCUT2D eigenvalue weighted by atomic mass is 9.97. The van der Waals surface area contributed by atoms with E-state index in [0.29, 0.717) is 6.54 Å². The van der Waals surface area contributed by atoms with Crippen molar-refractivity contribution in [3.63, 3.8) is 0 Å². The SMILES string of the molecule is CN=C(NCc1cccc(CN2CCCC(C(N)=O)C2)c1)N(C)Cc1cccn1C.I. The van der Waals surface area contributed by atoms with Crippen molar-refractivity contribution >= 4 is 35.8 Å². The first-order valence-corrected chi connectivity index (χ1v) is 10.6. The summed E-state index contributed by atoms with van der Waals surface area (Å²) in [5, 5.41) is 3.46. The number of rotatable bonds is 7. The summed E-state index contributed by atoms with van der Waals surface area (Å²) in [6.45, 7) is 4.12. The van der Waals surface area contributed by atoms with Crippen LogP contribution in [-0.4, -0.2) is 53.4 Å². The second kappa shape index (κ2) is 12.1. The maximum absolute atomic E-state index is 11.5. The molecule has 2 heterocycles. The molecule has 3 N–H and O–H groups in total. The van der Waals surface area contributed by atoms with Gasteiger partial charge in [0, 0.05) is 52.7 Å². The van der Waals surface area contributed by atoms with Crippen molar-refractivity contribution in [1.82, 2.24) is 19.7 Å². The Morgan fingerprint density at radius 1 is 1.29 bits per heavy atom. The number of primary amides is 1. The predicted molar refractivity (Wildman–Crippen MR) is 136 cm³/mol. The highest BCUT2D eigenvalue weighted by molar-refractivity contribution is 14.0. The molecule has 1 saturated heterocycles. The van der Waals surface area contributed by atoms with Gasteiger partial charge in [-0.2, -0.15) is 0 Å². The number of aromatic nitrogens is 1. The van der Waals surface area contributed by atoms with Crippen LogP contribution in [0.1, 0.15) is 29.7 Å².